The first-order valence-corrected chi connectivity index (χ1v) is 10.2. The summed E-state index contributed by atoms with van der Waals surface area (Å²) in [5, 5.41) is 6.89. The average Bonchev–Trinajstić information content (AvgIpc) is 2.66. The number of carbonyl (C=O) groups excluding carboxylic acids is 1. The summed E-state index contributed by atoms with van der Waals surface area (Å²) in [7, 11) is 1.97. The Kier molecular flexibility index (Phi) is 6.46. The van der Waals surface area contributed by atoms with E-state index in [9.17, 15) is 4.79 Å². The van der Waals surface area contributed by atoms with Crippen molar-refractivity contribution < 1.29 is 4.79 Å². The number of rotatable bonds is 7. The minimum Gasteiger partial charge on any atom is -0.316 e. The number of benzene rings is 2. The van der Waals surface area contributed by atoms with Gasteiger partial charge in [-0.05, 0) is 73.2 Å². The molecule has 0 bridgehead atoms. The zero-order valence-electron chi connectivity index (χ0n) is 17.0. The predicted molar refractivity (Wildman–Crippen MR) is 113 cm³/mol. The summed E-state index contributed by atoms with van der Waals surface area (Å²) in [6.45, 7) is 8.03. The Morgan fingerprint density at radius 2 is 1.78 bits per heavy atom. The molecule has 3 unspecified atom stereocenters. The number of hydrogen-bond acceptors (Lipinski definition) is 3. The van der Waals surface area contributed by atoms with E-state index in [2.05, 4.69) is 66.9 Å². The second-order valence-corrected chi connectivity index (χ2v) is 7.88. The second kappa shape index (κ2) is 8.81. The van der Waals surface area contributed by atoms with Crippen molar-refractivity contribution in [2.75, 3.05) is 13.6 Å². The summed E-state index contributed by atoms with van der Waals surface area (Å²) < 4.78 is 0. The van der Waals surface area contributed by atoms with Crippen LogP contribution < -0.4 is 10.6 Å². The highest BCUT2D eigenvalue weighted by molar-refractivity contribution is 5.85. The van der Waals surface area contributed by atoms with Gasteiger partial charge in [-0.3, -0.25) is 4.79 Å². The van der Waals surface area contributed by atoms with Crippen LogP contribution in [0.3, 0.4) is 0 Å². The van der Waals surface area contributed by atoms with Crippen LogP contribution in [0.25, 0.3) is 11.1 Å². The molecule has 0 amide bonds. The van der Waals surface area contributed by atoms with E-state index in [1.807, 2.05) is 7.05 Å². The third-order valence-corrected chi connectivity index (χ3v) is 5.72. The molecule has 0 saturated carbocycles. The molecule has 3 atom stereocenters. The molecule has 2 aromatic rings. The molecule has 0 fully saturated rings. The molecular weight excluding hydrogens is 332 g/mol. The quantitative estimate of drug-likeness (QED) is 0.739. The molecule has 2 aromatic carbocycles. The van der Waals surface area contributed by atoms with Crippen molar-refractivity contribution in [3.8, 4) is 11.1 Å². The number of ketones is 1. The summed E-state index contributed by atoms with van der Waals surface area (Å²) in [5.41, 5.74) is 6.26. The van der Waals surface area contributed by atoms with Crippen LogP contribution in [0.1, 0.15) is 62.3 Å². The SMILES string of the molecule is CCCNC1CC(C)C(C(C)=O)c2ccc(-c3ccc(CNC)cc3)cc21. The summed E-state index contributed by atoms with van der Waals surface area (Å²) >= 11 is 0. The van der Waals surface area contributed by atoms with Crippen molar-refractivity contribution in [3.05, 3.63) is 59.2 Å². The fourth-order valence-corrected chi connectivity index (χ4v) is 4.43. The van der Waals surface area contributed by atoms with Gasteiger partial charge < -0.3 is 10.6 Å². The molecule has 3 rings (SSSR count). The lowest BCUT2D eigenvalue weighted by Crippen LogP contribution is -2.33. The van der Waals surface area contributed by atoms with Crippen LogP contribution >= 0.6 is 0 Å². The van der Waals surface area contributed by atoms with Gasteiger partial charge in [0.25, 0.3) is 0 Å². The zero-order chi connectivity index (χ0) is 19.4. The maximum Gasteiger partial charge on any atom is 0.137 e. The lowest BCUT2D eigenvalue weighted by atomic mass is 9.71. The van der Waals surface area contributed by atoms with Crippen molar-refractivity contribution in [1.82, 2.24) is 10.6 Å². The molecule has 3 heteroatoms. The fourth-order valence-electron chi connectivity index (χ4n) is 4.43. The normalized spacial score (nSPS) is 21.7. The number of carbonyl (C=O) groups is 1. The van der Waals surface area contributed by atoms with E-state index in [1.54, 1.807) is 6.92 Å². The van der Waals surface area contributed by atoms with Crippen LogP contribution in [-0.2, 0) is 11.3 Å². The molecular formula is C24H32N2O. The Morgan fingerprint density at radius 3 is 2.41 bits per heavy atom. The van der Waals surface area contributed by atoms with Gasteiger partial charge in [-0.15, -0.1) is 0 Å². The highest BCUT2D eigenvalue weighted by Gasteiger charge is 2.34. The van der Waals surface area contributed by atoms with E-state index in [0.717, 1.165) is 25.9 Å². The maximum atomic E-state index is 12.3. The van der Waals surface area contributed by atoms with Gasteiger partial charge in [0.1, 0.15) is 5.78 Å². The summed E-state index contributed by atoms with van der Waals surface area (Å²) in [6, 6.07) is 15.7. The number of nitrogens with one attached hydrogen (secondary N) is 2. The Labute approximate surface area is 163 Å². The zero-order valence-corrected chi connectivity index (χ0v) is 17.0. The average molecular weight is 365 g/mol. The lowest BCUT2D eigenvalue weighted by Gasteiger charge is -2.36. The van der Waals surface area contributed by atoms with Gasteiger partial charge in [0, 0.05) is 18.5 Å². The summed E-state index contributed by atoms with van der Waals surface area (Å²) in [5.74, 6) is 0.671. The van der Waals surface area contributed by atoms with Crippen molar-refractivity contribution in [2.45, 2.75) is 52.1 Å². The molecule has 0 aliphatic heterocycles. The van der Waals surface area contributed by atoms with E-state index < -0.39 is 0 Å². The smallest absolute Gasteiger partial charge is 0.137 e. The highest BCUT2D eigenvalue weighted by atomic mass is 16.1. The van der Waals surface area contributed by atoms with Crippen molar-refractivity contribution in [2.24, 2.45) is 5.92 Å². The predicted octanol–water partition coefficient (Wildman–Crippen LogP) is 4.83. The van der Waals surface area contributed by atoms with Crippen LogP contribution in [0, 0.1) is 5.92 Å². The van der Waals surface area contributed by atoms with Gasteiger partial charge in [0.15, 0.2) is 0 Å². The highest BCUT2D eigenvalue weighted by Crippen LogP contribution is 2.43. The molecule has 0 saturated heterocycles. The van der Waals surface area contributed by atoms with Gasteiger partial charge >= 0.3 is 0 Å². The molecule has 1 aliphatic carbocycles. The number of hydrogen-bond donors (Lipinski definition) is 2. The number of fused-ring (bicyclic) bond motifs is 1. The Bertz CT molecular complexity index is 781. The summed E-state index contributed by atoms with van der Waals surface area (Å²) in [4.78, 5) is 12.3. The molecule has 1 aliphatic rings. The first-order valence-electron chi connectivity index (χ1n) is 10.2. The Hall–Kier alpha value is -1.97. The van der Waals surface area contributed by atoms with Gasteiger partial charge in [-0.2, -0.15) is 0 Å². The standard InChI is InChI=1S/C24H32N2O/c1-5-12-26-23-13-16(2)24(17(3)27)21-11-10-20(14-22(21)23)19-8-6-18(7-9-19)15-25-4/h6-11,14,16,23-26H,5,12-13,15H2,1-4H3. The van der Waals surface area contributed by atoms with E-state index in [4.69, 9.17) is 0 Å². The van der Waals surface area contributed by atoms with E-state index >= 15 is 0 Å². The molecule has 0 heterocycles. The molecule has 0 spiro atoms. The first-order chi connectivity index (χ1) is 13.0. The maximum absolute atomic E-state index is 12.3. The van der Waals surface area contributed by atoms with Crippen molar-refractivity contribution in [3.63, 3.8) is 0 Å². The largest absolute Gasteiger partial charge is 0.316 e. The second-order valence-electron chi connectivity index (χ2n) is 7.88. The van der Waals surface area contributed by atoms with Gasteiger partial charge in [0.05, 0.1) is 0 Å². The topological polar surface area (TPSA) is 41.1 Å². The minimum absolute atomic E-state index is 0.0201. The van der Waals surface area contributed by atoms with Gasteiger partial charge in [-0.1, -0.05) is 50.2 Å². The van der Waals surface area contributed by atoms with Crippen molar-refractivity contribution >= 4 is 5.78 Å². The third kappa shape index (κ3) is 4.31. The fraction of sp³-hybridized carbons (Fsp3) is 0.458. The van der Waals surface area contributed by atoms with Crippen LogP contribution in [0.5, 0.6) is 0 Å². The van der Waals surface area contributed by atoms with E-state index in [-0.39, 0.29) is 11.7 Å². The lowest BCUT2D eigenvalue weighted by molar-refractivity contribution is -0.119. The van der Waals surface area contributed by atoms with Crippen LogP contribution in [-0.4, -0.2) is 19.4 Å². The van der Waals surface area contributed by atoms with Crippen molar-refractivity contribution in [1.29, 1.82) is 0 Å². The summed E-state index contributed by atoms with van der Waals surface area (Å²) in [6.07, 6.45) is 2.13. The Morgan fingerprint density at radius 1 is 1.07 bits per heavy atom. The molecule has 0 aromatic heterocycles. The monoisotopic (exact) mass is 364 g/mol. The van der Waals surface area contributed by atoms with Crippen LogP contribution in [0.4, 0.5) is 0 Å². The molecule has 27 heavy (non-hydrogen) atoms. The van der Waals surface area contributed by atoms with Gasteiger partial charge in [0.2, 0.25) is 0 Å². The van der Waals surface area contributed by atoms with Crippen LogP contribution in [0.2, 0.25) is 0 Å². The minimum atomic E-state index is 0.0201. The molecule has 2 N–H and O–H groups in total. The number of Topliss-reactive ketones (excluding diaryl/α,β-unsaturated/α-hetero) is 1. The molecule has 144 valence electrons. The van der Waals surface area contributed by atoms with Gasteiger partial charge in [-0.25, -0.2) is 0 Å². The van der Waals surface area contributed by atoms with Crippen LogP contribution in [0.15, 0.2) is 42.5 Å². The third-order valence-electron chi connectivity index (χ3n) is 5.72. The van der Waals surface area contributed by atoms with E-state index in [1.165, 1.54) is 27.8 Å². The first kappa shape index (κ1) is 19.8. The molecule has 0 radical (unpaired) electrons. The van der Waals surface area contributed by atoms with E-state index in [0.29, 0.717) is 12.0 Å². The Balaban J connectivity index is 1.99. The molecule has 3 nitrogen and oxygen atoms in total.